The number of benzene rings is 1. The summed E-state index contributed by atoms with van der Waals surface area (Å²) in [5.41, 5.74) is 3.28. The van der Waals surface area contributed by atoms with Crippen molar-refractivity contribution in [3.05, 3.63) is 34.4 Å². The molecule has 0 aromatic heterocycles. The Morgan fingerprint density at radius 2 is 1.81 bits per heavy atom. The average molecular weight is 310 g/mol. The van der Waals surface area contributed by atoms with Crippen LogP contribution in [0.15, 0.2) is 12.1 Å². The Kier molecular flexibility index (Phi) is 4.54. The number of Topliss-reactive ketones (excluding diaryl/α,β-unsaturated/α-hetero) is 1. The third-order valence-corrected chi connectivity index (χ3v) is 6.26. The maximum atomic E-state index is 12.5. The Morgan fingerprint density at radius 1 is 1.24 bits per heavy atom. The Hall–Kier alpha value is -1.20. The van der Waals surface area contributed by atoms with E-state index in [1.807, 2.05) is 32.9 Å². The highest BCUT2D eigenvalue weighted by Crippen LogP contribution is 2.24. The van der Waals surface area contributed by atoms with Crippen molar-refractivity contribution in [1.82, 2.24) is 0 Å². The normalized spacial score (nSPS) is 22.5. The van der Waals surface area contributed by atoms with Crippen LogP contribution in [0.2, 0.25) is 0 Å². The van der Waals surface area contributed by atoms with Gasteiger partial charge in [0.2, 0.25) is 0 Å². The van der Waals surface area contributed by atoms with Gasteiger partial charge in [0.25, 0.3) is 0 Å². The first-order valence-electron chi connectivity index (χ1n) is 7.16. The summed E-state index contributed by atoms with van der Waals surface area (Å²) >= 11 is 0. The van der Waals surface area contributed by atoms with Crippen LogP contribution in [0.25, 0.3) is 0 Å². The van der Waals surface area contributed by atoms with Crippen LogP contribution >= 0.6 is 0 Å². The van der Waals surface area contributed by atoms with E-state index in [-0.39, 0.29) is 11.9 Å². The number of hydrogen-bond donors (Lipinski definition) is 0. The number of ether oxygens (including phenoxy) is 1. The zero-order valence-corrected chi connectivity index (χ0v) is 13.8. The van der Waals surface area contributed by atoms with Crippen molar-refractivity contribution >= 4 is 15.6 Å². The summed E-state index contributed by atoms with van der Waals surface area (Å²) in [6.45, 7) is 7.86. The highest BCUT2D eigenvalue weighted by Gasteiger charge is 2.37. The molecule has 0 spiro atoms. The van der Waals surface area contributed by atoms with Crippen molar-refractivity contribution < 1.29 is 17.9 Å². The molecule has 21 heavy (non-hydrogen) atoms. The molecule has 2 unspecified atom stereocenters. The third-order valence-electron chi connectivity index (χ3n) is 4.06. The highest BCUT2D eigenvalue weighted by atomic mass is 32.2. The first kappa shape index (κ1) is 16.2. The van der Waals surface area contributed by atoms with Gasteiger partial charge in [-0.3, -0.25) is 4.79 Å². The fourth-order valence-electron chi connectivity index (χ4n) is 3.17. The standard InChI is InChI=1S/C16H22O4S/c1-10-7-11(2)16(12(3)8-10)14(17)9-21(18,19)15-5-6-20-13(15)4/h7-8,13,15H,5-6,9H2,1-4H3. The van der Waals surface area contributed by atoms with Gasteiger partial charge < -0.3 is 4.74 Å². The molecule has 1 saturated heterocycles. The number of ketones is 1. The van der Waals surface area contributed by atoms with Gasteiger partial charge in [0.05, 0.1) is 11.4 Å². The summed E-state index contributed by atoms with van der Waals surface area (Å²) in [5.74, 6) is -0.750. The molecule has 1 aromatic carbocycles. The first-order valence-corrected chi connectivity index (χ1v) is 8.88. The highest BCUT2D eigenvalue weighted by molar-refractivity contribution is 7.92. The van der Waals surface area contributed by atoms with Crippen LogP contribution in [0.1, 0.15) is 40.4 Å². The van der Waals surface area contributed by atoms with Crippen LogP contribution in [-0.2, 0) is 14.6 Å². The number of sulfone groups is 1. The molecule has 4 nitrogen and oxygen atoms in total. The van der Waals surface area contributed by atoms with Crippen LogP contribution < -0.4 is 0 Å². The molecule has 1 fully saturated rings. The topological polar surface area (TPSA) is 60.4 Å². The molecule has 1 heterocycles. The summed E-state index contributed by atoms with van der Waals surface area (Å²) < 4.78 is 30.1. The zero-order valence-electron chi connectivity index (χ0n) is 13.0. The lowest BCUT2D eigenvalue weighted by Gasteiger charge is -2.16. The number of carbonyl (C=O) groups excluding carboxylic acids is 1. The van der Waals surface area contributed by atoms with E-state index >= 15 is 0 Å². The maximum absolute atomic E-state index is 12.5. The van der Waals surface area contributed by atoms with E-state index in [1.165, 1.54) is 0 Å². The maximum Gasteiger partial charge on any atom is 0.178 e. The molecule has 2 rings (SSSR count). The molecule has 2 atom stereocenters. The third kappa shape index (κ3) is 3.35. The molecule has 1 aromatic rings. The fourth-order valence-corrected chi connectivity index (χ4v) is 5.01. The number of rotatable bonds is 4. The van der Waals surface area contributed by atoms with Crippen LogP contribution in [-0.4, -0.2) is 37.9 Å². The van der Waals surface area contributed by atoms with Crippen molar-refractivity contribution in [2.24, 2.45) is 0 Å². The van der Waals surface area contributed by atoms with E-state index in [9.17, 15) is 13.2 Å². The molecule has 0 aliphatic carbocycles. The predicted octanol–water partition coefficient (Wildman–Crippen LogP) is 2.39. The second-order valence-electron chi connectivity index (χ2n) is 5.91. The molecule has 0 amide bonds. The van der Waals surface area contributed by atoms with E-state index in [1.54, 1.807) is 6.92 Å². The lowest BCUT2D eigenvalue weighted by atomic mass is 9.97. The SMILES string of the molecule is Cc1cc(C)c(C(=O)CS(=O)(=O)C2CCOC2C)c(C)c1. The van der Waals surface area contributed by atoms with Crippen molar-refractivity contribution in [3.63, 3.8) is 0 Å². The monoisotopic (exact) mass is 310 g/mol. The fraction of sp³-hybridized carbons (Fsp3) is 0.562. The summed E-state index contributed by atoms with van der Waals surface area (Å²) in [6.07, 6.45) is 0.144. The minimum absolute atomic E-state index is 0.316. The van der Waals surface area contributed by atoms with E-state index < -0.39 is 20.8 Å². The van der Waals surface area contributed by atoms with E-state index in [4.69, 9.17) is 4.74 Å². The van der Waals surface area contributed by atoms with Gasteiger partial charge in [-0.1, -0.05) is 17.7 Å². The van der Waals surface area contributed by atoms with E-state index in [2.05, 4.69) is 0 Å². The van der Waals surface area contributed by atoms with Gasteiger partial charge >= 0.3 is 0 Å². The Balaban J connectivity index is 2.26. The summed E-state index contributed by atoms with van der Waals surface area (Å²) in [6, 6.07) is 3.82. The molecule has 0 bridgehead atoms. The van der Waals surface area contributed by atoms with Gasteiger partial charge in [-0.15, -0.1) is 0 Å². The number of hydrogen-bond acceptors (Lipinski definition) is 4. The smallest absolute Gasteiger partial charge is 0.178 e. The summed E-state index contributed by atoms with van der Waals surface area (Å²) in [7, 11) is -3.47. The summed E-state index contributed by atoms with van der Waals surface area (Å²) in [4.78, 5) is 12.5. The Bertz CT molecular complexity index is 638. The minimum atomic E-state index is -3.47. The van der Waals surface area contributed by atoms with Gasteiger partial charge in [-0.25, -0.2) is 8.42 Å². The molecule has 0 N–H and O–H groups in total. The van der Waals surface area contributed by atoms with Crippen LogP contribution in [0.3, 0.4) is 0 Å². The zero-order chi connectivity index (χ0) is 15.8. The quantitative estimate of drug-likeness (QED) is 0.801. The van der Waals surface area contributed by atoms with Gasteiger partial charge in [0.15, 0.2) is 15.6 Å². The van der Waals surface area contributed by atoms with Crippen molar-refractivity contribution in [2.75, 3.05) is 12.4 Å². The van der Waals surface area contributed by atoms with Crippen LogP contribution in [0.5, 0.6) is 0 Å². The molecular weight excluding hydrogens is 288 g/mol. The second kappa shape index (κ2) is 5.89. The van der Waals surface area contributed by atoms with Crippen molar-refractivity contribution in [1.29, 1.82) is 0 Å². The van der Waals surface area contributed by atoms with Crippen LogP contribution in [0.4, 0.5) is 0 Å². The van der Waals surface area contributed by atoms with Gasteiger partial charge in [0.1, 0.15) is 5.75 Å². The minimum Gasteiger partial charge on any atom is -0.377 e. The van der Waals surface area contributed by atoms with E-state index in [0.29, 0.717) is 18.6 Å². The first-order chi connectivity index (χ1) is 9.72. The van der Waals surface area contributed by atoms with Crippen LogP contribution in [0, 0.1) is 20.8 Å². The van der Waals surface area contributed by atoms with Crippen molar-refractivity contribution in [3.8, 4) is 0 Å². The number of aryl methyl sites for hydroxylation is 3. The Labute approximate surface area is 126 Å². The summed E-state index contributed by atoms with van der Waals surface area (Å²) in [5, 5.41) is -0.562. The predicted molar refractivity (Wildman–Crippen MR) is 82.6 cm³/mol. The molecular formula is C16H22O4S. The van der Waals surface area contributed by atoms with Gasteiger partial charge in [-0.05, 0) is 45.2 Å². The second-order valence-corrected chi connectivity index (χ2v) is 8.13. The lowest BCUT2D eigenvalue weighted by Crippen LogP contribution is -2.33. The average Bonchev–Trinajstić information content (AvgIpc) is 2.73. The molecule has 1 aliphatic heterocycles. The lowest BCUT2D eigenvalue weighted by molar-refractivity contribution is 0.101. The van der Waals surface area contributed by atoms with E-state index in [0.717, 1.165) is 16.7 Å². The molecule has 1 aliphatic rings. The van der Waals surface area contributed by atoms with Crippen molar-refractivity contribution in [2.45, 2.75) is 45.5 Å². The molecule has 0 radical (unpaired) electrons. The molecule has 5 heteroatoms. The van der Waals surface area contributed by atoms with Gasteiger partial charge in [0, 0.05) is 12.2 Å². The number of carbonyl (C=O) groups is 1. The molecule has 0 saturated carbocycles. The Morgan fingerprint density at radius 3 is 2.29 bits per heavy atom. The van der Waals surface area contributed by atoms with Gasteiger partial charge in [-0.2, -0.15) is 0 Å². The molecule has 116 valence electrons. The largest absolute Gasteiger partial charge is 0.377 e.